The van der Waals surface area contributed by atoms with Gasteiger partial charge in [-0.15, -0.1) is 0 Å². The minimum atomic E-state index is -3.44. The van der Waals surface area contributed by atoms with Gasteiger partial charge in [0.1, 0.15) is 0 Å². The van der Waals surface area contributed by atoms with Crippen LogP contribution in [-0.4, -0.2) is 81.2 Å². The van der Waals surface area contributed by atoms with E-state index in [1.165, 1.54) is 4.31 Å². The highest BCUT2D eigenvalue weighted by molar-refractivity contribution is 7.89. The van der Waals surface area contributed by atoms with Gasteiger partial charge in [0.15, 0.2) is 0 Å². The molecule has 0 unspecified atom stereocenters. The molecule has 1 aromatic heterocycles. The summed E-state index contributed by atoms with van der Waals surface area (Å²) in [6.07, 6.45) is 3.34. The molecule has 0 saturated carbocycles. The monoisotopic (exact) mass is 418 g/mol. The Bertz CT molecular complexity index is 911. The third-order valence-electron chi connectivity index (χ3n) is 4.76. The first-order valence-corrected chi connectivity index (χ1v) is 11.0. The molecule has 1 saturated heterocycles. The average Bonchev–Trinajstić information content (AvgIpc) is 2.74. The number of aromatic nitrogens is 2. The molecule has 9 nitrogen and oxygen atoms in total. The molecule has 1 N–H and O–H groups in total. The van der Waals surface area contributed by atoms with Gasteiger partial charge in [0, 0.05) is 70.5 Å². The van der Waals surface area contributed by atoms with Crippen LogP contribution in [0.2, 0.25) is 0 Å². The number of anilines is 2. The van der Waals surface area contributed by atoms with Gasteiger partial charge in [-0.1, -0.05) is 0 Å². The van der Waals surface area contributed by atoms with Gasteiger partial charge in [-0.25, -0.2) is 18.4 Å². The molecule has 3 rings (SSSR count). The number of hydrogen-bond donors (Lipinski definition) is 1. The van der Waals surface area contributed by atoms with Crippen molar-refractivity contribution in [2.75, 3.05) is 62.4 Å². The first kappa shape index (κ1) is 21.0. The van der Waals surface area contributed by atoms with Gasteiger partial charge in [-0.3, -0.25) is 4.79 Å². The van der Waals surface area contributed by atoms with E-state index in [2.05, 4.69) is 15.3 Å². The van der Waals surface area contributed by atoms with Gasteiger partial charge in [-0.05, 0) is 30.3 Å². The maximum atomic E-state index is 12.6. The summed E-state index contributed by atoms with van der Waals surface area (Å²) >= 11 is 0. The Balaban J connectivity index is 1.47. The molecule has 0 radical (unpaired) electrons. The van der Waals surface area contributed by atoms with Crippen LogP contribution in [0.4, 0.5) is 11.6 Å². The van der Waals surface area contributed by atoms with Crippen LogP contribution < -0.4 is 15.1 Å². The Labute approximate surface area is 171 Å². The highest BCUT2D eigenvalue weighted by atomic mass is 32.2. The van der Waals surface area contributed by atoms with Crippen LogP contribution in [0.3, 0.4) is 0 Å². The Morgan fingerprint density at radius 3 is 2.28 bits per heavy atom. The average molecular weight is 419 g/mol. The lowest BCUT2D eigenvalue weighted by atomic mass is 10.2. The van der Waals surface area contributed by atoms with E-state index in [4.69, 9.17) is 0 Å². The van der Waals surface area contributed by atoms with Crippen molar-refractivity contribution < 1.29 is 13.2 Å². The number of carbonyl (C=O) groups is 1. The summed E-state index contributed by atoms with van der Waals surface area (Å²) in [5.41, 5.74) is 1.49. The molecule has 0 aliphatic carbocycles. The van der Waals surface area contributed by atoms with E-state index >= 15 is 0 Å². The van der Waals surface area contributed by atoms with E-state index in [-0.39, 0.29) is 18.2 Å². The quantitative estimate of drug-likeness (QED) is 0.696. The number of benzene rings is 1. The van der Waals surface area contributed by atoms with E-state index in [9.17, 15) is 13.2 Å². The third kappa shape index (κ3) is 5.42. The molecule has 1 amide bonds. The van der Waals surface area contributed by atoms with Gasteiger partial charge in [0.25, 0.3) is 5.91 Å². The molecule has 2 aromatic rings. The lowest BCUT2D eigenvalue weighted by Crippen LogP contribution is -2.50. The van der Waals surface area contributed by atoms with Gasteiger partial charge in [-0.2, -0.15) is 4.31 Å². The summed E-state index contributed by atoms with van der Waals surface area (Å²) in [4.78, 5) is 24.5. The highest BCUT2D eigenvalue weighted by Crippen LogP contribution is 2.13. The highest BCUT2D eigenvalue weighted by Gasteiger charge is 2.27. The fourth-order valence-electron chi connectivity index (χ4n) is 3.06. The van der Waals surface area contributed by atoms with Gasteiger partial charge < -0.3 is 15.1 Å². The Kier molecular flexibility index (Phi) is 6.65. The van der Waals surface area contributed by atoms with Gasteiger partial charge in [0.2, 0.25) is 16.0 Å². The van der Waals surface area contributed by atoms with E-state index in [1.807, 2.05) is 36.0 Å². The summed E-state index contributed by atoms with van der Waals surface area (Å²) < 4.78 is 26.6. The normalized spacial score (nSPS) is 15.2. The predicted molar refractivity (Wildman–Crippen MR) is 113 cm³/mol. The number of hydrogen-bond acceptors (Lipinski definition) is 7. The molecule has 10 heteroatoms. The van der Waals surface area contributed by atoms with Crippen molar-refractivity contribution in [2.24, 2.45) is 0 Å². The number of nitrogens with one attached hydrogen (secondary N) is 1. The van der Waals surface area contributed by atoms with Crippen LogP contribution in [-0.2, 0) is 10.0 Å². The minimum Gasteiger partial charge on any atom is -0.378 e. The summed E-state index contributed by atoms with van der Waals surface area (Å²) in [7, 11) is 0.406. The zero-order valence-corrected chi connectivity index (χ0v) is 17.5. The molecule has 156 valence electrons. The Hall–Kier alpha value is -2.72. The van der Waals surface area contributed by atoms with Gasteiger partial charge >= 0.3 is 0 Å². The second kappa shape index (κ2) is 9.19. The lowest BCUT2D eigenvalue weighted by Gasteiger charge is -2.33. The fraction of sp³-hybridized carbons (Fsp3) is 0.421. The van der Waals surface area contributed by atoms with Crippen LogP contribution in [0, 0.1) is 0 Å². The summed E-state index contributed by atoms with van der Waals surface area (Å²) in [6.45, 7) is 1.89. The minimum absolute atomic E-state index is 0.0681. The lowest BCUT2D eigenvalue weighted by molar-refractivity contribution is 0.0956. The number of carbonyl (C=O) groups excluding carboxylic acids is 1. The number of nitrogens with zero attached hydrogens (tertiary/aromatic N) is 5. The van der Waals surface area contributed by atoms with E-state index in [0.29, 0.717) is 37.7 Å². The second-order valence-electron chi connectivity index (χ2n) is 6.95. The topological polar surface area (TPSA) is 98.7 Å². The first-order valence-electron chi connectivity index (χ1n) is 9.42. The van der Waals surface area contributed by atoms with Gasteiger partial charge in [0.05, 0.1) is 5.75 Å². The molecule has 0 atom stereocenters. The van der Waals surface area contributed by atoms with Crippen molar-refractivity contribution >= 4 is 27.6 Å². The maximum Gasteiger partial charge on any atom is 0.251 e. The molecule has 1 aromatic carbocycles. The molecule has 1 fully saturated rings. The van der Waals surface area contributed by atoms with Crippen LogP contribution in [0.5, 0.6) is 0 Å². The maximum absolute atomic E-state index is 12.6. The smallest absolute Gasteiger partial charge is 0.251 e. The Morgan fingerprint density at radius 2 is 1.69 bits per heavy atom. The number of amides is 1. The SMILES string of the molecule is CN(C)c1ccc(C(=O)NCCS(=O)(=O)N2CCN(c3ncccn3)CC2)cc1. The van der Waals surface area contributed by atoms with Crippen LogP contribution in [0.25, 0.3) is 0 Å². The predicted octanol–water partition coefficient (Wildman–Crippen LogP) is 0.424. The zero-order valence-electron chi connectivity index (χ0n) is 16.7. The van der Waals surface area contributed by atoms with Crippen LogP contribution >= 0.6 is 0 Å². The summed E-state index contributed by atoms with van der Waals surface area (Å²) in [5.74, 6) is 0.199. The number of rotatable bonds is 7. The second-order valence-corrected chi connectivity index (χ2v) is 9.04. The molecular formula is C19H26N6O3S. The van der Waals surface area contributed by atoms with E-state index < -0.39 is 10.0 Å². The van der Waals surface area contributed by atoms with E-state index in [0.717, 1.165) is 5.69 Å². The number of piperazine rings is 1. The molecular weight excluding hydrogens is 392 g/mol. The van der Waals surface area contributed by atoms with Crippen molar-refractivity contribution in [3.05, 3.63) is 48.3 Å². The summed E-state index contributed by atoms with van der Waals surface area (Å²) in [5, 5.41) is 2.69. The molecule has 0 bridgehead atoms. The number of sulfonamides is 1. The zero-order chi connectivity index (χ0) is 20.9. The molecule has 1 aliphatic rings. The largest absolute Gasteiger partial charge is 0.378 e. The standard InChI is InChI=1S/C19H26N6O3S/c1-23(2)17-6-4-16(5-7-17)18(26)20-10-15-29(27,28)25-13-11-24(12-14-25)19-21-8-3-9-22-19/h3-9H,10-15H2,1-2H3,(H,20,26). The Morgan fingerprint density at radius 1 is 1.07 bits per heavy atom. The van der Waals surface area contributed by atoms with Crippen molar-refractivity contribution in [2.45, 2.75) is 0 Å². The summed E-state index contributed by atoms with van der Waals surface area (Å²) in [6, 6.07) is 8.90. The first-order chi connectivity index (χ1) is 13.9. The fourth-order valence-corrected chi connectivity index (χ4v) is 4.39. The molecule has 2 heterocycles. The van der Waals surface area contributed by atoms with Crippen molar-refractivity contribution in [1.82, 2.24) is 19.6 Å². The van der Waals surface area contributed by atoms with Crippen molar-refractivity contribution in [3.63, 3.8) is 0 Å². The van der Waals surface area contributed by atoms with Crippen molar-refractivity contribution in [3.8, 4) is 0 Å². The third-order valence-corrected chi connectivity index (χ3v) is 6.63. The van der Waals surface area contributed by atoms with Crippen molar-refractivity contribution in [1.29, 1.82) is 0 Å². The molecule has 29 heavy (non-hydrogen) atoms. The molecule has 1 aliphatic heterocycles. The van der Waals surface area contributed by atoms with Crippen LogP contribution in [0.1, 0.15) is 10.4 Å². The van der Waals surface area contributed by atoms with E-state index in [1.54, 1.807) is 30.6 Å². The molecule has 0 spiro atoms. The van der Waals surface area contributed by atoms with Crippen LogP contribution in [0.15, 0.2) is 42.7 Å².